The molecular formula is C72H42BN3S3. The van der Waals surface area contributed by atoms with E-state index in [0.717, 1.165) is 17.1 Å². The molecule has 18 rings (SSSR count). The second kappa shape index (κ2) is 16.6. The van der Waals surface area contributed by atoms with Gasteiger partial charge in [-0.15, -0.1) is 34.0 Å². The Morgan fingerprint density at radius 2 is 0.468 bits per heavy atom. The minimum atomic E-state index is -0.0514. The Kier molecular flexibility index (Phi) is 9.23. The minimum absolute atomic E-state index is 0.0514. The number of hydrogen-bond acceptors (Lipinski definition) is 3. The number of aromatic nitrogens is 3. The molecule has 18 aromatic rings. The number of rotatable bonds is 6. The van der Waals surface area contributed by atoms with E-state index in [-0.39, 0.29) is 6.71 Å². The summed E-state index contributed by atoms with van der Waals surface area (Å²) >= 11 is 5.70. The summed E-state index contributed by atoms with van der Waals surface area (Å²) in [6, 6.07) is 95.6. The fourth-order valence-corrected chi connectivity index (χ4v) is 17.2. The van der Waals surface area contributed by atoms with Crippen LogP contribution in [0.1, 0.15) is 0 Å². The standard InChI is InChI=1S/C72H42BN3S3/c1-7-19-61-49(13-1)55-37-40-58-52-16-4-10-22-64(52)77-70(58)67(55)74(61)46-31-25-43(26-32-46)73(44-27-33-47(34-28-44)75-62-20-8-2-14-50(62)56-38-41-59-53-17-5-11-23-65(53)78-71(59)68(56)75)45-29-35-48(36-30-45)76-63-21-9-3-15-51(63)57-39-42-60-54-18-6-12-24-66(54)79-72(60)69(57)76/h1-42H. The summed E-state index contributed by atoms with van der Waals surface area (Å²) in [5, 5.41) is 15.5. The minimum Gasteiger partial charge on any atom is -0.308 e. The van der Waals surface area contributed by atoms with Crippen LogP contribution in [0.2, 0.25) is 0 Å². The zero-order valence-electron chi connectivity index (χ0n) is 42.4. The Morgan fingerprint density at radius 3 is 0.772 bits per heavy atom. The zero-order valence-corrected chi connectivity index (χ0v) is 44.8. The lowest BCUT2D eigenvalue weighted by Crippen LogP contribution is -2.52. The van der Waals surface area contributed by atoms with Crippen molar-refractivity contribution in [2.24, 2.45) is 0 Å². The Bertz CT molecular complexity index is 5000. The maximum atomic E-state index is 2.50. The van der Waals surface area contributed by atoms with Crippen molar-refractivity contribution in [3.05, 3.63) is 255 Å². The Balaban J connectivity index is 0.821. The first kappa shape index (κ1) is 43.8. The summed E-state index contributed by atoms with van der Waals surface area (Å²) < 4.78 is 15.4. The lowest BCUT2D eigenvalue weighted by molar-refractivity contribution is 1.19. The molecule has 0 radical (unpaired) electrons. The van der Waals surface area contributed by atoms with E-state index < -0.39 is 0 Å². The monoisotopic (exact) mass is 1060 g/mol. The van der Waals surface area contributed by atoms with E-state index in [9.17, 15) is 0 Å². The molecule has 0 unspecified atom stereocenters. The molecule has 0 N–H and O–H groups in total. The van der Waals surface area contributed by atoms with Crippen LogP contribution in [0.4, 0.5) is 0 Å². The first-order valence-corrected chi connectivity index (χ1v) is 29.5. The Morgan fingerprint density at radius 1 is 0.215 bits per heavy atom. The topological polar surface area (TPSA) is 14.8 Å². The predicted molar refractivity (Wildman–Crippen MR) is 346 cm³/mol. The first-order valence-electron chi connectivity index (χ1n) is 27.0. The van der Waals surface area contributed by atoms with E-state index in [1.807, 2.05) is 34.0 Å². The van der Waals surface area contributed by atoms with Crippen molar-refractivity contribution >= 4 is 183 Å². The molecule has 0 saturated carbocycles. The molecular weight excluding hydrogens is 1010 g/mol. The summed E-state index contributed by atoms with van der Waals surface area (Å²) in [6.07, 6.45) is 0. The van der Waals surface area contributed by atoms with Crippen molar-refractivity contribution in [1.82, 2.24) is 13.7 Å². The van der Waals surface area contributed by atoms with Gasteiger partial charge in [0, 0.05) is 95.8 Å². The van der Waals surface area contributed by atoms with E-state index >= 15 is 0 Å². The van der Waals surface area contributed by atoms with Crippen LogP contribution in [0.25, 0.3) is 143 Å². The fraction of sp³-hybridized carbons (Fsp3) is 0. The summed E-state index contributed by atoms with van der Waals surface area (Å²) in [7, 11) is 0. The van der Waals surface area contributed by atoms with Crippen molar-refractivity contribution in [1.29, 1.82) is 0 Å². The van der Waals surface area contributed by atoms with E-state index in [1.54, 1.807) is 0 Å². The average Bonchev–Trinajstić information content (AvgIpc) is 4.27. The molecule has 7 heteroatoms. The summed E-state index contributed by atoms with van der Waals surface area (Å²) in [6.45, 7) is -0.0514. The van der Waals surface area contributed by atoms with Crippen LogP contribution in [-0.2, 0) is 0 Å². The van der Waals surface area contributed by atoms with E-state index in [4.69, 9.17) is 0 Å². The van der Waals surface area contributed by atoms with Crippen molar-refractivity contribution in [3.8, 4) is 17.1 Å². The van der Waals surface area contributed by atoms with Crippen LogP contribution in [0.15, 0.2) is 255 Å². The summed E-state index contributed by atoms with van der Waals surface area (Å²) in [4.78, 5) is 0. The first-order chi connectivity index (χ1) is 39.2. The molecule has 0 aliphatic heterocycles. The van der Waals surface area contributed by atoms with Gasteiger partial charge in [0.1, 0.15) is 0 Å². The average molecular weight is 1060 g/mol. The van der Waals surface area contributed by atoms with Gasteiger partial charge in [0.05, 0.1) is 47.2 Å². The normalized spacial score (nSPS) is 12.3. The maximum absolute atomic E-state index is 2.50. The van der Waals surface area contributed by atoms with Gasteiger partial charge in [-0.25, -0.2) is 0 Å². The lowest BCUT2D eigenvalue weighted by atomic mass is 9.37. The molecule has 79 heavy (non-hydrogen) atoms. The molecule has 0 aliphatic rings. The van der Waals surface area contributed by atoms with Crippen LogP contribution < -0.4 is 16.4 Å². The largest absolute Gasteiger partial charge is 0.308 e. The van der Waals surface area contributed by atoms with Crippen LogP contribution in [0.5, 0.6) is 0 Å². The molecule has 0 amide bonds. The van der Waals surface area contributed by atoms with Crippen LogP contribution in [0, 0.1) is 0 Å². The second-order valence-corrected chi connectivity index (χ2v) is 24.2. The maximum Gasteiger partial charge on any atom is 0.241 e. The molecule has 0 atom stereocenters. The molecule has 366 valence electrons. The number of para-hydroxylation sites is 3. The van der Waals surface area contributed by atoms with Crippen molar-refractivity contribution in [3.63, 3.8) is 0 Å². The Labute approximate surface area is 465 Å². The van der Waals surface area contributed by atoms with Gasteiger partial charge in [-0.05, 0) is 72.8 Å². The quantitative estimate of drug-likeness (QED) is 0.147. The van der Waals surface area contributed by atoms with Gasteiger partial charge in [-0.1, -0.05) is 198 Å². The van der Waals surface area contributed by atoms with Gasteiger partial charge in [0.25, 0.3) is 0 Å². The molecule has 0 spiro atoms. The van der Waals surface area contributed by atoms with Crippen molar-refractivity contribution < 1.29 is 0 Å². The molecule has 3 nitrogen and oxygen atoms in total. The van der Waals surface area contributed by atoms with E-state index in [0.29, 0.717) is 0 Å². The van der Waals surface area contributed by atoms with Crippen molar-refractivity contribution in [2.45, 2.75) is 0 Å². The van der Waals surface area contributed by atoms with Gasteiger partial charge < -0.3 is 13.7 Å². The smallest absolute Gasteiger partial charge is 0.241 e. The third-order valence-corrected chi connectivity index (χ3v) is 20.6. The number of hydrogen-bond donors (Lipinski definition) is 0. The second-order valence-electron chi connectivity index (χ2n) is 21.1. The van der Waals surface area contributed by atoms with Gasteiger partial charge >= 0.3 is 0 Å². The molecule has 0 bridgehead atoms. The highest BCUT2D eigenvalue weighted by atomic mass is 32.1. The molecule has 0 saturated heterocycles. The number of nitrogens with zero attached hydrogens (tertiary/aromatic N) is 3. The highest BCUT2D eigenvalue weighted by Gasteiger charge is 2.26. The third kappa shape index (κ3) is 6.23. The third-order valence-electron chi connectivity index (χ3n) is 17.0. The molecule has 0 aliphatic carbocycles. The fourth-order valence-electron chi connectivity index (χ4n) is 13.5. The van der Waals surface area contributed by atoms with Gasteiger partial charge in [0.15, 0.2) is 0 Å². The number of benzene rings is 12. The van der Waals surface area contributed by atoms with Crippen LogP contribution in [0.3, 0.4) is 0 Å². The molecule has 6 heterocycles. The van der Waals surface area contributed by atoms with Gasteiger partial charge in [-0.3, -0.25) is 0 Å². The van der Waals surface area contributed by atoms with E-state index in [2.05, 4.69) is 268 Å². The number of fused-ring (bicyclic) bond motifs is 21. The van der Waals surface area contributed by atoms with E-state index in [1.165, 1.54) is 142 Å². The summed E-state index contributed by atoms with van der Waals surface area (Å²) in [5.41, 5.74) is 14.6. The SMILES string of the molecule is c1ccc2c(c1)sc1c2ccc2c3ccccc3n(-c3ccc(B(c4ccc(-n5c6ccccc6c6ccc7c8ccccc8sc7c65)cc4)c4ccc(-n5c6ccccc6c6ccc7c8ccccc8sc7c65)cc4)cc3)c21. The lowest BCUT2D eigenvalue weighted by Gasteiger charge is -2.19. The van der Waals surface area contributed by atoms with Crippen LogP contribution in [-0.4, -0.2) is 20.4 Å². The van der Waals surface area contributed by atoms with Crippen LogP contribution >= 0.6 is 34.0 Å². The highest BCUT2D eigenvalue weighted by Crippen LogP contribution is 2.46. The zero-order chi connectivity index (χ0) is 51.4. The van der Waals surface area contributed by atoms with Gasteiger partial charge in [0.2, 0.25) is 6.71 Å². The number of thiophene rings is 3. The molecule has 6 aromatic heterocycles. The van der Waals surface area contributed by atoms with Crippen molar-refractivity contribution in [2.75, 3.05) is 0 Å². The molecule has 0 fully saturated rings. The predicted octanol–water partition coefficient (Wildman–Crippen LogP) is 18.6. The molecule has 12 aromatic carbocycles. The highest BCUT2D eigenvalue weighted by molar-refractivity contribution is 7.27. The van der Waals surface area contributed by atoms with Gasteiger partial charge in [-0.2, -0.15) is 0 Å². The summed E-state index contributed by atoms with van der Waals surface area (Å²) in [5.74, 6) is 0. The Hall–Kier alpha value is -9.24.